The summed E-state index contributed by atoms with van der Waals surface area (Å²) < 4.78 is 10.5. The number of nitro benzene ring substituents is 1. The maximum Gasteiger partial charge on any atom is 0.342 e. The number of carboxylic acid groups (broad SMARTS) is 1. The molecule has 0 heterocycles. The molecule has 0 spiro atoms. The number of hydrogen-bond donors (Lipinski definition) is 1. The number of methoxy groups -OCH3 is 1. The van der Waals surface area contributed by atoms with Crippen LogP contribution in [0.1, 0.15) is 30.6 Å². The summed E-state index contributed by atoms with van der Waals surface area (Å²) >= 11 is 0. The molecule has 1 rings (SSSR count). The van der Waals surface area contributed by atoms with Gasteiger partial charge in [-0.25, -0.2) is 4.79 Å². The highest BCUT2D eigenvalue weighted by atomic mass is 16.6. The average molecular weight is 283 g/mol. The SMILES string of the molecule is CCC(C)COc1cc([N+](=O)[O-])c(C(=O)O)cc1OC. The van der Waals surface area contributed by atoms with Gasteiger partial charge in [-0.1, -0.05) is 20.3 Å². The van der Waals surface area contributed by atoms with E-state index in [0.29, 0.717) is 6.61 Å². The molecule has 1 unspecified atom stereocenters. The second kappa shape index (κ2) is 6.74. The third-order valence-corrected chi connectivity index (χ3v) is 2.93. The fourth-order valence-electron chi connectivity index (χ4n) is 1.49. The van der Waals surface area contributed by atoms with Gasteiger partial charge in [0.05, 0.1) is 24.7 Å². The Balaban J connectivity index is 3.19. The van der Waals surface area contributed by atoms with E-state index in [1.165, 1.54) is 7.11 Å². The van der Waals surface area contributed by atoms with Crippen LogP contribution in [0, 0.1) is 16.0 Å². The van der Waals surface area contributed by atoms with Crippen molar-refractivity contribution in [3.8, 4) is 11.5 Å². The van der Waals surface area contributed by atoms with Crippen LogP contribution in [0.5, 0.6) is 11.5 Å². The van der Waals surface area contributed by atoms with E-state index < -0.39 is 22.1 Å². The van der Waals surface area contributed by atoms with Crippen LogP contribution in [0.2, 0.25) is 0 Å². The molecule has 0 fully saturated rings. The van der Waals surface area contributed by atoms with E-state index in [4.69, 9.17) is 14.6 Å². The summed E-state index contributed by atoms with van der Waals surface area (Å²) in [7, 11) is 1.35. The molecule has 7 heteroatoms. The molecule has 110 valence electrons. The lowest BCUT2D eigenvalue weighted by atomic mass is 10.1. The zero-order chi connectivity index (χ0) is 15.3. The Kier molecular flexibility index (Phi) is 5.31. The van der Waals surface area contributed by atoms with Crippen LogP contribution in [0.15, 0.2) is 12.1 Å². The molecule has 7 nitrogen and oxygen atoms in total. The Hall–Kier alpha value is -2.31. The third-order valence-electron chi connectivity index (χ3n) is 2.93. The molecule has 0 aliphatic rings. The van der Waals surface area contributed by atoms with Crippen molar-refractivity contribution in [2.75, 3.05) is 13.7 Å². The number of nitro groups is 1. The molecule has 0 aromatic heterocycles. The second-order valence-electron chi connectivity index (χ2n) is 4.41. The van der Waals surface area contributed by atoms with Crippen LogP contribution in [-0.4, -0.2) is 29.7 Å². The van der Waals surface area contributed by atoms with Crippen LogP contribution in [0.4, 0.5) is 5.69 Å². The summed E-state index contributed by atoms with van der Waals surface area (Å²) in [6.07, 6.45) is 0.900. The van der Waals surface area contributed by atoms with Gasteiger partial charge >= 0.3 is 5.97 Å². The number of carbonyl (C=O) groups is 1. The fourth-order valence-corrected chi connectivity index (χ4v) is 1.49. The van der Waals surface area contributed by atoms with Gasteiger partial charge in [-0.2, -0.15) is 0 Å². The van der Waals surface area contributed by atoms with E-state index in [9.17, 15) is 14.9 Å². The predicted octanol–water partition coefficient (Wildman–Crippen LogP) is 2.73. The third kappa shape index (κ3) is 3.59. The van der Waals surface area contributed by atoms with Crippen molar-refractivity contribution >= 4 is 11.7 Å². The predicted molar refractivity (Wildman–Crippen MR) is 71.6 cm³/mol. The maximum atomic E-state index is 11.0. The Morgan fingerprint density at radius 2 is 2.10 bits per heavy atom. The number of carboxylic acids is 1. The van der Waals surface area contributed by atoms with Gasteiger partial charge in [0.25, 0.3) is 5.69 Å². The van der Waals surface area contributed by atoms with E-state index in [2.05, 4.69) is 0 Å². The molecular weight excluding hydrogens is 266 g/mol. The van der Waals surface area contributed by atoms with Gasteiger partial charge in [-0.05, 0) is 5.92 Å². The molecule has 1 aromatic carbocycles. The van der Waals surface area contributed by atoms with E-state index in [1.807, 2.05) is 13.8 Å². The Morgan fingerprint density at radius 3 is 2.55 bits per heavy atom. The Morgan fingerprint density at radius 1 is 1.45 bits per heavy atom. The summed E-state index contributed by atoms with van der Waals surface area (Å²) in [5, 5.41) is 19.9. The first-order chi connectivity index (χ1) is 9.40. The van der Waals surface area contributed by atoms with Gasteiger partial charge in [-0.3, -0.25) is 10.1 Å². The van der Waals surface area contributed by atoms with Gasteiger partial charge in [0.2, 0.25) is 0 Å². The van der Waals surface area contributed by atoms with Gasteiger partial charge in [-0.15, -0.1) is 0 Å². The molecule has 1 N–H and O–H groups in total. The highest BCUT2D eigenvalue weighted by Gasteiger charge is 2.24. The quantitative estimate of drug-likeness (QED) is 0.610. The monoisotopic (exact) mass is 283 g/mol. The average Bonchev–Trinajstić information content (AvgIpc) is 2.43. The van der Waals surface area contributed by atoms with Crippen molar-refractivity contribution in [2.24, 2.45) is 5.92 Å². The molecule has 0 amide bonds. The van der Waals surface area contributed by atoms with Crippen molar-refractivity contribution in [3.63, 3.8) is 0 Å². The number of hydrogen-bond acceptors (Lipinski definition) is 5. The van der Waals surface area contributed by atoms with Crippen LogP contribution >= 0.6 is 0 Å². The van der Waals surface area contributed by atoms with Gasteiger partial charge in [0.15, 0.2) is 11.5 Å². The molecule has 0 radical (unpaired) electrons. The number of aromatic carboxylic acids is 1. The van der Waals surface area contributed by atoms with Gasteiger partial charge < -0.3 is 14.6 Å². The Labute approximate surface area is 116 Å². The van der Waals surface area contributed by atoms with Crippen LogP contribution in [0.3, 0.4) is 0 Å². The van der Waals surface area contributed by atoms with E-state index in [-0.39, 0.29) is 17.4 Å². The molecule has 1 aromatic rings. The molecule has 20 heavy (non-hydrogen) atoms. The molecule has 0 aliphatic heterocycles. The summed E-state index contributed by atoms with van der Waals surface area (Å²) in [5.41, 5.74) is -0.944. The van der Waals surface area contributed by atoms with Crippen molar-refractivity contribution in [3.05, 3.63) is 27.8 Å². The molecule has 0 saturated carbocycles. The number of rotatable bonds is 7. The number of nitrogens with zero attached hydrogens (tertiary/aromatic N) is 1. The topological polar surface area (TPSA) is 98.9 Å². The molecule has 0 bridgehead atoms. The van der Waals surface area contributed by atoms with Crippen LogP contribution < -0.4 is 9.47 Å². The second-order valence-corrected chi connectivity index (χ2v) is 4.41. The van der Waals surface area contributed by atoms with E-state index in [0.717, 1.165) is 18.6 Å². The standard InChI is InChI=1S/C13H17NO6/c1-4-8(2)7-20-12-6-10(14(17)18)9(13(15)16)5-11(12)19-3/h5-6,8H,4,7H2,1-3H3,(H,15,16). The number of ether oxygens (including phenoxy) is 2. The fraction of sp³-hybridized carbons (Fsp3) is 0.462. The zero-order valence-corrected chi connectivity index (χ0v) is 11.6. The molecule has 0 aliphatic carbocycles. The minimum atomic E-state index is -1.39. The largest absolute Gasteiger partial charge is 0.493 e. The highest BCUT2D eigenvalue weighted by Crippen LogP contribution is 2.35. The van der Waals surface area contributed by atoms with Crippen molar-refractivity contribution in [1.82, 2.24) is 0 Å². The smallest absolute Gasteiger partial charge is 0.342 e. The number of benzene rings is 1. The molecular formula is C13H17NO6. The molecule has 1 atom stereocenters. The highest BCUT2D eigenvalue weighted by molar-refractivity contribution is 5.93. The van der Waals surface area contributed by atoms with Crippen LogP contribution in [-0.2, 0) is 0 Å². The van der Waals surface area contributed by atoms with E-state index in [1.54, 1.807) is 0 Å². The van der Waals surface area contributed by atoms with Crippen molar-refractivity contribution < 1.29 is 24.3 Å². The maximum absolute atomic E-state index is 11.0. The van der Waals surface area contributed by atoms with Crippen molar-refractivity contribution in [1.29, 1.82) is 0 Å². The van der Waals surface area contributed by atoms with E-state index >= 15 is 0 Å². The van der Waals surface area contributed by atoms with Crippen molar-refractivity contribution in [2.45, 2.75) is 20.3 Å². The minimum Gasteiger partial charge on any atom is -0.493 e. The first-order valence-electron chi connectivity index (χ1n) is 6.13. The van der Waals surface area contributed by atoms with Crippen LogP contribution in [0.25, 0.3) is 0 Å². The minimum absolute atomic E-state index is 0.163. The summed E-state index contributed by atoms with van der Waals surface area (Å²) in [6, 6.07) is 2.19. The first-order valence-corrected chi connectivity index (χ1v) is 6.13. The van der Waals surface area contributed by atoms with Gasteiger partial charge in [0.1, 0.15) is 5.56 Å². The lowest BCUT2D eigenvalue weighted by Gasteiger charge is -2.14. The molecule has 0 saturated heterocycles. The summed E-state index contributed by atoms with van der Waals surface area (Å²) in [5.74, 6) is -0.776. The zero-order valence-electron chi connectivity index (χ0n) is 11.6. The lowest BCUT2D eigenvalue weighted by molar-refractivity contribution is -0.385. The Bertz CT molecular complexity index is 514. The lowest BCUT2D eigenvalue weighted by Crippen LogP contribution is -2.10. The normalized spacial score (nSPS) is 11.8. The summed E-state index contributed by atoms with van der Waals surface area (Å²) in [4.78, 5) is 21.2. The first kappa shape index (κ1) is 15.7. The van der Waals surface area contributed by atoms with Gasteiger partial charge in [0, 0.05) is 6.07 Å². The summed E-state index contributed by atoms with van der Waals surface area (Å²) in [6.45, 7) is 4.35.